The molecule has 2 amide bonds. The van der Waals surface area contributed by atoms with Crippen LogP contribution in [0.1, 0.15) is 6.42 Å². The highest BCUT2D eigenvalue weighted by molar-refractivity contribution is 5.90. The van der Waals surface area contributed by atoms with Gasteiger partial charge in [0.25, 0.3) is 0 Å². The van der Waals surface area contributed by atoms with E-state index in [1.165, 1.54) is 0 Å². The lowest BCUT2D eigenvalue weighted by Crippen LogP contribution is -2.35. The van der Waals surface area contributed by atoms with Gasteiger partial charge in [-0.2, -0.15) is 0 Å². The molecule has 3 rings (SSSR count). The van der Waals surface area contributed by atoms with Gasteiger partial charge < -0.3 is 10.1 Å². The first-order valence-electron chi connectivity index (χ1n) is 8.12. The number of anilines is 2. The Morgan fingerprint density at radius 1 is 1.37 bits per heavy atom. The number of hydrogen-bond donors (Lipinski definition) is 4. The van der Waals surface area contributed by atoms with Crippen molar-refractivity contribution in [3.05, 3.63) is 23.8 Å². The summed E-state index contributed by atoms with van der Waals surface area (Å²) in [7, 11) is 0. The van der Waals surface area contributed by atoms with Crippen molar-refractivity contribution >= 4 is 29.7 Å². The number of nitrogens with one attached hydrogen (secondary N) is 4. The number of carbonyl (C=O) groups is 2. The number of hydroxylamine groups is 1. The van der Waals surface area contributed by atoms with Crippen LogP contribution in [-0.2, 0) is 14.4 Å². The molecule has 1 aromatic carbocycles. The fourth-order valence-corrected chi connectivity index (χ4v) is 2.59. The van der Waals surface area contributed by atoms with E-state index < -0.39 is 23.8 Å². The van der Waals surface area contributed by atoms with E-state index in [9.17, 15) is 18.4 Å². The third kappa shape index (κ3) is 4.60. The molecule has 2 saturated heterocycles. The SMILES string of the molecule is O=CNNCNc1c(F)cc(N2C[C@H](CN=C3CCON3)OC2=O)cc1F. The summed E-state index contributed by atoms with van der Waals surface area (Å²) >= 11 is 0. The van der Waals surface area contributed by atoms with Crippen molar-refractivity contribution in [1.29, 1.82) is 0 Å². The number of amides is 2. The minimum atomic E-state index is -0.887. The minimum Gasteiger partial charge on any atom is -0.442 e. The fourth-order valence-electron chi connectivity index (χ4n) is 2.59. The van der Waals surface area contributed by atoms with E-state index in [4.69, 9.17) is 9.57 Å². The second-order valence-corrected chi connectivity index (χ2v) is 5.68. The van der Waals surface area contributed by atoms with Gasteiger partial charge in [0.15, 0.2) is 11.6 Å². The predicted octanol–water partition coefficient (Wildman–Crippen LogP) is 0.233. The van der Waals surface area contributed by atoms with E-state index in [1.807, 2.05) is 0 Å². The van der Waals surface area contributed by atoms with Crippen LogP contribution in [-0.4, -0.2) is 50.8 Å². The van der Waals surface area contributed by atoms with Gasteiger partial charge in [0.1, 0.15) is 17.6 Å². The Hall–Kier alpha value is -2.99. The molecule has 2 aliphatic heterocycles. The predicted molar refractivity (Wildman–Crippen MR) is 90.8 cm³/mol. The first-order valence-corrected chi connectivity index (χ1v) is 8.12. The molecule has 2 fully saturated rings. The summed E-state index contributed by atoms with van der Waals surface area (Å²) in [6.07, 6.45) is -0.206. The maximum Gasteiger partial charge on any atom is 0.414 e. The van der Waals surface area contributed by atoms with Crippen LogP contribution in [0.25, 0.3) is 0 Å². The molecule has 1 aromatic rings. The van der Waals surface area contributed by atoms with Crippen molar-refractivity contribution in [2.45, 2.75) is 12.5 Å². The smallest absolute Gasteiger partial charge is 0.414 e. The Morgan fingerprint density at radius 2 is 2.15 bits per heavy atom. The summed E-state index contributed by atoms with van der Waals surface area (Å²) in [5.74, 6) is -1.11. The first-order chi connectivity index (χ1) is 13.1. The number of hydrogen-bond acceptors (Lipinski definition) is 7. The molecule has 0 spiro atoms. The van der Waals surface area contributed by atoms with Gasteiger partial charge in [-0.25, -0.2) is 19.0 Å². The minimum absolute atomic E-state index is 0.0389. The standard InChI is InChI=1S/C15H18F2N6O4/c16-11-3-9(4-12(17)14(11)19-7-20-21-8-24)23-6-10(27-15(23)25)5-18-13-1-2-26-22-13/h3-4,8,10,19-20H,1-2,5-7H2,(H,18,22)(H,21,24)/t10-/m0/s1. The van der Waals surface area contributed by atoms with Crippen molar-refractivity contribution in [3.63, 3.8) is 0 Å². The molecule has 2 heterocycles. The van der Waals surface area contributed by atoms with Crippen LogP contribution in [0.2, 0.25) is 0 Å². The van der Waals surface area contributed by atoms with Crippen LogP contribution in [0, 0.1) is 11.6 Å². The number of benzene rings is 1. The molecule has 0 aromatic heterocycles. The molecular formula is C15H18F2N6O4. The van der Waals surface area contributed by atoms with E-state index in [0.29, 0.717) is 25.3 Å². The second-order valence-electron chi connectivity index (χ2n) is 5.68. The molecule has 0 unspecified atom stereocenters. The number of cyclic esters (lactones) is 1. The van der Waals surface area contributed by atoms with Crippen LogP contribution in [0.15, 0.2) is 17.1 Å². The van der Waals surface area contributed by atoms with Crippen LogP contribution in [0.5, 0.6) is 0 Å². The van der Waals surface area contributed by atoms with Crippen molar-refractivity contribution in [2.24, 2.45) is 4.99 Å². The summed E-state index contributed by atoms with van der Waals surface area (Å²) < 4.78 is 33.6. The summed E-state index contributed by atoms with van der Waals surface area (Å²) in [5, 5.41) is 2.45. The number of halogens is 2. The van der Waals surface area contributed by atoms with Crippen LogP contribution < -0.4 is 26.5 Å². The number of nitrogens with zero attached hydrogens (tertiary/aromatic N) is 2. The Bertz CT molecular complexity index is 716. The highest BCUT2D eigenvalue weighted by Gasteiger charge is 2.33. The summed E-state index contributed by atoms with van der Waals surface area (Å²) in [5.41, 5.74) is 6.80. The van der Waals surface area contributed by atoms with Crippen LogP contribution >= 0.6 is 0 Å². The van der Waals surface area contributed by atoms with Gasteiger partial charge in [-0.15, -0.1) is 0 Å². The number of aliphatic imine (C=N–C) groups is 1. The van der Waals surface area contributed by atoms with E-state index in [2.05, 4.69) is 26.6 Å². The summed E-state index contributed by atoms with van der Waals surface area (Å²) in [4.78, 5) is 32.5. The maximum absolute atomic E-state index is 14.2. The van der Waals surface area contributed by atoms with E-state index in [-0.39, 0.29) is 31.1 Å². The molecule has 0 bridgehead atoms. The van der Waals surface area contributed by atoms with E-state index in [0.717, 1.165) is 17.0 Å². The van der Waals surface area contributed by atoms with Gasteiger partial charge >= 0.3 is 6.09 Å². The van der Waals surface area contributed by atoms with Crippen molar-refractivity contribution in [1.82, 2.24) is 16.3 Å². The first kappa shape index (κ1) is 18.8. The Morgan fingerprint density at radius 3 is 2.81 bits per heavy atom. The van der Waals surface area contributed by atoms with Gasteiger partial charge in [0, 0.05) is 18.6 Å². The highest BCUT2D eigenvalue weighted by atomic mass is 19.1. The zero-order valence-electron chi connectivity index (χ0n) is 14.1. The van der Waals surface area contributed by atoms with Crippen molar-refractivity contribution < 1.29 is 27.9 Å². The lowest BCUT2D eigenvalue weighted by atomic mass is 10.2. The Balaban J connectivity index is 1.64. The topological polar surface area (TPSA) is 116 Å². The zero-order valence-corrected chi connectivity index (χ0v) is 14.1. The molecular weight excluding hydrogens is 366 g/mol. The Kier molecular flexibility index (Phi) is 5.98. The van der Waals surface area contributed by atoms with Gasteiger partial charge in [0.05, 0.1) is 32.1 Å². The van der Waals surface area contributed by atoms with Crippen LogP contribution in [0.3, 0.4) is 0 Å². The molecule has 2 aliphatic rings. The molecule has 10 nitrogen and oxygen atoms in total. The van der Waals surface area contributed by atoms with E-state index >= 15 is 0 Å². The van der Waals surface area contributed by atoms with Gasteiger partial charge in [-0.3, -0.25) is 30.4 Å². The quantitative estimate of drug-likeness (QED) is 0.219. The molecule has 1 atom stereocenters. The lowest BCUT2D eigenvalue weighted by molar-refractivity contribution is -0.110. The average molecular weight is 384 g/mol. The number of hydrazine groups is 1. The molecule has 0 saturated carbocycles. The molecule has 0 radical (unpaired) electrons. The normalized spacial score (nSPS) is 20.5. The number of ether oxygens (including phenoxy) is 1. The summed E-state index contributed by atoms with van der Waals surface area (Å²) in [6, 6.07) is 2.06. The molecule has 0 aliphatic carbocycles. The van der Waals surface area contributed by atoms with Gasteiger partial charge in [0.2, 0.25) is 6.41 Å². The van der Waals surface area contributed by atoms with Crippen molar-refractivity contribution in [3.8, 4) is 0 Å². The van der Waals surface area contributed by atoms with Crippen LogP contribution in [0.4, 0.5) is 25.0 Å². The fraction of sp³-hybridized carbons (Fsp3) is 0.400. The number of carbonyl (C=O) groups excluding carboxylic acids is 2. The number of rotatable bonds is 8. The third-order valence-corrected chi connectivity index (χ3v) is 3.84. The zero-order chi connectivity index (χ0) is 19.2. The average Bonchev–Trinajstić information content (AvgIpc) is 3.28. The van der Waals surface area contributed by atoms with E-state index in [1.54, 1.807) is 0 Å². The molecule has 146 valence electrons. The monoisotopic (exact) mass is 384 g/mol. The largest absolute Gasteiger partial charge is 0.442 e. The molecule has 12 heteroatoms. The van der Waals surface area contributed by atoms with Gasteiger partial charge in [-0.1, -0.05) is 0 Å². The summed E-state index contributed by atoms with van der Waals surface area (Å²) in [6.45, 7) is 0.758. The third-order valence-electron chi connectivity index (χ3n) is 3.84. The highest BCUT2D eigenvalue weighted by Crippen LogP contribution is 2.28. The van der Waals surface area contributed by atoms with Gasteiger partial charge in [-0.05, 0) is 0 Å². The number of amidine groups is 1. The molecule has 4 N–H and O–H groups in total. The maximum atomic E-state index is 14.2. The lowest BCUT2D eigenvalue weighted by Gasteiger charge is -2.16. The molecule has 27 heavy (non-hydrogen) atoms. The van der Waals surface area contributed by atoms with Crippen molar-refractivity contribution in [2.75, 3.05) is 36.6 Å². The second kappa shape index (κ2) is 8.60. The Labute approximate surface area is 152 Å².